The Morgan fingerprint density at radius 1 is 0.760 bits per heavy atom. The topological polar surface area (TPSA) is 89.5 Å². The lowest BCUT2D eigenvalue weighted by Gasteiger charge is -2.35. The van der Waals surface area contributed by atoms with E-state index in [-0.39, 0.29) is 37.6 Å². The van der Waals surface area contributed by atoms with Crippen LogP contribution in [0.3, 0.4) is 0 Å². The van der Waals surface area contributed by atoms with Gasteiger partial charge in [0, 0.05) is 0 Å². The van der Waals surface area contributed by atoms with Crippen LogP contribution >= 0.6 is 0 Å². The Bertz CT molecular complexity index is 398. The normalized spacial score (nSPS) is 22.2. The first kappa shape index (κ1) is 20.1. The molecular formula is C17H28O8. The van der Waals surface area contributed by atoms with E-state index < -0.39 is 18.4 Å². The molecule has 0 N–H and O–H groups in total. The average molecular weight is 360 g/mol. The third kappa shape index (κ3) is 5.91. The van der Waals surface area contributed by atoms with Gasteiger partial charge in [0.1, 0.15) is 33.2 Å². The summed E-state index contributed by atoms with van der Waals surface area (Å²) in [5.74, 6) is -1.21. The molecule has 0 unspecified atom stereocenters. The fourth-order valence-electron chi connectivity index (χ4n) is 2.70. The molecule has 2 rings (SSSR count). The van der Waals surface area contributed by atoms with Gasteiger partial charge in [0.15, 0.2) is 0 Å². The Labute approximate surface area is 148 Å². The molecule has 0 spiro atoms. The van der Waals surface area contributed by atoms with Crippen molar-refractivity contribution in [3.05, 3.63) is 0 Å². The van der Waals surface area contributed by atoms with E-state index in [4.69, 9.17) is 28.4 Å². The van der Waals surface area contributed by atoms with Gasteiger partial charge in [-0.25, -0.2) is 0 Å². The van der Waals surface area contributed by atoms with Gasteiger partial charge < -0.3 is 28.4 Å². The molecule has 2 fully saturated rings. The summed E-state index contributed by atoms with van der Waals surface area (Å²) in [6.45, 7) is 6.70. The molecule has 2 aliphatic rings. The molecule has 0 aliphatic carbocycles. The molecule has 0 aromatic heterocycles. The van der Waals surface area contributed by atoms with Crippen molar-refractivity contribution in [3.63, 3.8) is 0 Å². The second-order valence-corrected chi connectivity index (χ2v) is 6.83. The third-order valence-corrected chi connectivity index (χ3v) is 4.83. The predicted octanol–water partition coefficient (Wildman–Crippen LogP) is 1.26. The number of hydrogen-bond acceptors (Lipinski definition) is 8. The maximum atomic E-state index is 11.9. The van der Waals surface area contributed by atoms with Crippen molar-refractivity contribution >= 4 is 11.9 Å². The van der Waals surface area contributed by atoms with Gasteiger partial charge in [-0.15, -0.1) is 0 Å². The zero-order valence-corrected chi connectivity index (χ0v) is 15.0. The highest BCUT2D eigenvalue weighted by atomic mass is 16.7. The van der Waals surface area contributed by atoms with Crippen molar-refractivity contribution in [1.82, 2.24) is 0 Å². The van der Waals surface area contributed by atoms with E-state index in [0.29, 0.717) is 26.4 Å². The maximum absolute atomic E-state index is 11.9. The summed E-state index contributed by atoms with van der Waals surface area (Å²) in [6, 6.07) is 0. The molecule has 2 heterocycles. The molecule has 0 aromatic rings. The fraction of sp³-hybridized carbons (Fsp3) is 0.882. The largest absolute Gasteiger partial charge is 0.464 e. The van der Waals surface area contributed by atoms with Crippen molar-refractivity contribution in [2.45, 2.75) is 33.1 Å². The van der Waals surface area contributed by atoms with E-state index in [2.05, 4.69) is 0 Å². The van der Waals surface area contributed by atoms with Gasteiger partial charge in [-0.2, -0.15) is 0 Å². The number of rotatable bonds is 8. The van der Waals surface area contributed by atoms with Gasteiger partial charge in [0.05, 0.1) is 37.3 Å². The summed E-state index contributed by atoms with van der Waals surface area (Å²) < 4.78 is 31.6. The molecule has 2 aliphatic heterocycles. The van der Waals surface area contributed by atoms with E-state index >= 15 is 0 Å². The van der Waals surface area contributed by atoms with Gasteiger partial charge in [0.2, 0.25) is 0 Å². The van der Waals surface area contributed by atoms with E-state index in [1.54, 1.807) is 0 Å². The predicted molar refractivity (Wildman–Crippen MR) is 85.5 cm³/mol. The zero-order chi connectivity index (χ0) is 18.2. The molecule has 0 saturated carbocycles. The van der Waals surface area contributed by atoms with Crippen LogP contribution < -0.4 is 0 Å². The lowest BCUT2D eigenvalue weighted by atomic mass is 9.87. The van der Waals surface area contributed by atoms with Gasteiger partial charge in [-0.3, -0.25) is 9.59 Å². The van der Waals surface area contributed by atoms with Crippen LogP contribution in [0.2, 0.25) is 0 Å². The summed E-state index contributed by atoms with van der Waals surface area (Å²) in [5, 5.41) is 0. The van der Waals surface area contributed by atoms with Crippen molar-refractivity contribution in [3.8, 4) is 0 Å². The van der Waals surface area contributed by atoms with E-state index in [1.807, 2.05) is 13.8 Å². The van der Waals surface area contributed by atoms with Crippen LogP contribution in [0.25, 0.3) is 0 Å². The van der Waals surface area contributed by atoms with E-state index in [0.717, 1.165) is 12.8 Å². The third-order valence-electron chi connectivity index (χ3n) is 4.83. The minimum Gasteiger partial charge on any atom is -0.464 e. The first-order chi connectivity index (χ1) is 12.0. The number of carbonyl (C=O) groups is 2. The Hall–Kier alpha value is -1.22. The molecule has 144 valence electrons. The van der Waals surface area contributed by atoms with Crippen LogP contribution in [0, 0.1) is 10.8 Å². The SMILES string of the molecule is CCC1(COC(=O)CC(=O)OCC2(CC)COCOC2)COCOC1. The van der Waals surface area contributed by atoms with E-state index in [1.165, 1.54) is 0 Å². The zero-order valence-electron chi connectivity index (χ0n) is 15.0. The van der Waals surface area contributed by atoms with Crippen molar-refractivity contribution < 1.29 is 38.0 Å². The minimum atomic E-state index is -0.606. The quantitative estimate of drug-likeness (QED) is 0.472. The maximum Gasteiger partial charge on any atom is 0.317 e. The van der Waals surface area contributed by atoms with Crippen LogP contribution in [0.4, 0.5) is 0 Å². The molecule has 2 saturated heterocycles. The molecule has 8 nitrogen and oxygen atoms in total. The minimum absolute atomic E-state index is 0.163. The molecule has 8 heteroatoms. The Morgan fingerprint density at radius 3 is 1.44 bits per heavy atom. The van der Waals surface area contributed by atoms with Gasteiger partial charge in [0.25, 0.3) is 0 Å². The lowest BCUT2D eigenvalue weighted by Crippen LogP contribution is -2.42. The molecule has 0 atom stereocenters. The summed E-state index contributed by atoms with van der Waals surface area (Å²) in [7, 11) is 0. The summed E-state index contributed by atoms with van der Waals surface area (Å²) in [4.78, 5) is 23.8. The highest BCUT2D eigenvalue weighted by molar-refractivity contribution is 5.91. The van der Waals surface area contributed by atoms with Crippen LogP contribution in [0.15, 0.2) is 0 Å². The highest BCUT2D eigenvalue weighted by Gasteiger charge is 2.35. The number of carbonyl (C=O) groups excluding carboxylic acids is 2. The van der Waals surface area contributed by atoms with Gasteiger partial charge >= 0.3 is 11.9 Å². The molecule has 0 bridgehead atoms. The van der Waals surface area contributed by atoms with Crippen LogP contribution in [-0.4, -0.2) is 65.2 Å². The van der Waals surface area contributed by atoms with Crippen molar-refractivity contribution in [2.24, 2.45) is 10.8 Å². The van der Waals surface area contributed by atoms with Crippen molar-refractivity contribution in [1.29, 1.82) is 0 Å². The Kier molecular flexibility index (Phi) is 7.61. The lowest BCUT2D eigenvalue weighted by molar-refractivity contribution is -0.191. The van der Waals surface area contributed by atoms with Gasteiger partial charge in [-0.05, 0) is 12.8 Å². The van der Waals surface area contributed by atoms with E-state index in [9.17, 15) is 9.59 Å². The average Bonchev–Trinajstić information content (AvgIpc) is 2.66. The summed E-state index contributed by atoms with van der Waals surface area (Å²) in [5.41, 5.74) is -0.693. The second-order valence-electron chi connectivity index (χ2n) is 6.83. The molecule has 25 heavy (non-hydrogen) atoms. The number of esters is 2. The summed E-state index contributed by atoms with van der Waals surface area (Å²) >= 11 is 0. The first-order valence-electron chi connectivity index (χ1n) is 8.65. The smallest absolute Gasteiger partial charge is 0.317 e. The first-order valence-corrected chi connectivity index (χ1v) is 8.65. The van der Waals surface area contributed by atoms with Crippen LogP contribution in [-0.2, 0) is 38.0 Å². The molecule has 0 radical (unpaired) electrons. The Morgan fingerprint density at radius 2 is 1.12 bits per heavy atom. The van der Waals surface area contributed by atoms with Crippen molar-refractivity contribution in [2.75, 3.05) is 53.2 Å². The monoisotopic (exact) mass is 360 g/mol. The standard InChI is InChI=1S/C17H28O8/c1-3-16(6-20-12-21-7-16)10-24-14(18)5-15(19)25-11-17(4-2)8-22-13-23-9-17/h3-13H2,1-2H3. The van der Waals surface area contributed by atoms with Crippen LogP contribution in [0.1, 0.15) is 33.1 Å². The number of ether oxygens (including phenoxy) is 6. The van der Waals surface area contributed by atoms with Gasteiger partial charge in [-0.1, -0.05) is 13.8 Å². The molecule has 0 aromatic carbocycles. The molecule has 0 amide bonds. The highest BCUT2D eigenvalue weighted by Crippen LogP contribution is 2.28. The fourth-order valence-corrected chi connectivity index (χ4v) is 2.70. The second kappa shape index (κ2) is 9.47. The summed E-state index contributed by atoms with van der Waals surface area (Å²) in [6.07, 6.45) is 1.09. The van der Waals surface area contributed by atoms with Crippen LogP contribution in [0.5, 0.6) is 0 Å². The molecular weight excluding hydrogens is 332 g/mol. The number of hydrogen-bond donors (Lipinski definition) is 0. The Balaban J connectivity index is 1.71.